The van der Waals surface area contributed by atoms with Gasteiger partial charge >= 0.3 is 0 Å². The van der Waals surface area contributed by atoms with Crippen molar-refractivity contribution < 1.29 is 9.53 Å². The van der Waals surface area contributed by atoms with Gasteiger partial charge in [0, 0.05) is 18.7 Å². The van der Waals surface area contributed by atoms with Crippen LogP contribution in [0.1, 0.15) is 24.3 Å². The fourth-order valence-electron chi connectivity index (χ4n) is 2.92. The first-order chi connectivity index (χ1) is 13.1. The fraction of sp³-hybridized carbons (Fsp3) is 0.238. The Hall–Kier alpha value is -2.79. The molecule has 0 N–H and O–H groups in total. The standard InChI is InChI=1S/C21H22ClN3O2/c1-4-24(5-2)21(26)20-14-18(15-10-12-16(27-3)13-11-15)23-25(20)19-9-7-6-8-17(19)22/h6-14H,4-5H2,1-3H3. The molecule has 1 heterocycles. The summed E-state index contributed by atoms with van der Waals surface area (Å²) in [6, 6.07) is 16.8. The summed E-state index contributed by atoms with van der Waals surface area (Å²) < 4.78 is 6.84. The SMILES string of the molecule is CCN(CC)C(=O)c1cc(-c2ccc(OC)cc2)nn1-c1ccccc1Cl. The highest BCUT2D eigenvalue weighted by atomic mass is 35.5. The minimum absolute atomic E-state index is 0.0767. The fourth-order valence-corrected chi connectivity index (χ4v) is 3.13. The van der Waals surface area contributed by atoms with Gasteiger partial charge in [0.15, 0.2) is 0 Å². The van der Waals surface area contributed by atoms with Crippen molar-refractivity contribution in [2.75, 3.05) is 20.2 Å². The topological polar surface area (TPSA) is 47.4 Å². The molecule has 0 spiro atoms. The second-order valence-corrected chi connectivity index (χ2v) is 6.39. The lowest BCUT2D eigenvalue weighted by atomic mass is 10.1. The average Bonchev–Trinajstić information content (AvgIpc) is 3.14. The Labute approximate surface area is 164 Å². The molecule has 140 valence electrons. The molecule has 0 saturated heterocycles. The maximum atomic E-state index is 13.1. The van der Waals surface area contributed by atoms with Crippen LogP contribution in [-0.4, -0.2) is 40.8 Å². The van der Waals surface area contributed by atoms with Gasteiger partial charge in [-0.15, -0.1) is 0 Å². The van der Waals surface area contributed by atoms with Crippen molar-refractivity contribution in [2.45, 2.75) is 13.8 Å². The molecule has 0 radical (unpaired) electrons. The Morgan fingerprint density at radius 2 is 1.78 bits per heavy atom. The molecule has 6 heteroatoms. The summed E-state index contributed by atoms with van der Waals surface area (Å²) in [5.41, 5.74) is 2.76. The minimum Gasteiger partial charge on any atom is -0.497 e. The lowest BCUT2D eigenvalue weighted by Crippen LogP contribution is -2.32. The third-order valence-corrected chi connectivity index (χ3v) is 4.77. The molecule has 3 rings (SSSR count). The summed E-state index contributed by atoms with van der Waals surface area (Å²) in [5, 5.41) is 5.22. The maximum Gasteiger partial charge on any atom is 0.272 e. The van der Waals surface area contributed by atoms with Crippen molar-refractivity contribution in [3.8, 4) is 22.7 Å². The number of aromatic nitrogens is 2. The van der Waals surface area contributed by atoms with Crippen LogP contribution in [-0.2, 0) is 0 Å². The van der Waals surface area contributed by atoms with Gasteiger partial charge in [0.1, 0.15) is 11.4 Å². The van der Waals surface area contributed by atoms with Crippen molar-refractivity contribution in [1.82, 2.24) is 14.7 Å². The van der Waals surface area contributed by atoms with Gasteiger partial charge in [-0.2, -0.15) is 5.10 Å². The molecule has 0 unspecified atom stereocenters. The van der Waals surface area contributed by atoms with Gasteiger partial charge in [-0.05, 0) is 56.3 Å². The lowest BCUT2D eigenvalue weighted by Gasteiger charge is -2.19. The zero-order valence-electron chi connectivity index (χ0n) is 15.6. The maximum absolute atomic E-state index is 13.1. The predicted octanol–water partition coefficient (Wildman–Crippen LogP) is 4.68. The highest BCUT2D eigenvalue weighted by Gasteiger charge is 2.22. The van der Waals surface area contributed by atoms with Gasteiger partial charge in [-0.1, -0.05) is 23.7 Å². The molecule has 0 bridgehead atoms. The molecule has 5 nitrogen and oxygen atoms in total. The zero-order chi connectivity index (χ0) is 19.4. The molecule has 2 aromatic carbocycles. The van der Waals surface area contributed by atoms with Crippen LogP contribution in [0.5, 0.6) is 5.75 Å². The van der Waals surface area contributed by atoms with Gasteiger partial charge in [0.2, 0.25) is 0 Å². The Morgan fingerprint density at radius 3 is 2.37 bits per heavy atom. The zero-order valence-corrected chi connectivity index (χ0v) is 16.4. The van der Waals surface area contributed by atoms with Gasteiger partial charge in [-0.3, -0.25) is 4.79 Å². The summed E-state index contributed by atoms with van der Waals surface area (Å²) in [6.07, 6.45) is 0. The van der Waals surface area contributed by atoms with E-state index < -0.39 is 0 Å². The summed E-state index contributed by atoms with van der Waals surface area (Å²) in [7, 11) is 1.63. The van der Waals surface area contributed by atoms with Gasteiger partial charge < -0.3 is 9.64 Å². The van der Waals surface area contributed by atoms with Crippen molar-refractivity contribution in [3.63, 3.8) is 0 Å². The number of ether oxygens (including phenoxy) is 1. The van der Waals surface area contributed by atoms with E-state index >= 15 is 0 Å². The molecular formula is C21H22ClN3O2. The molecule has 0 aliphatic carbocycles. The van der Waals surface area contributed by atoms with Crippen molar-refractivity contribution in [1.29, 1.82) is 0 Å². The van der Waals surface area contributed by atoms with E-state index in [1.807, 2.05) is 62.4 Å². The molecule has 0 saturated carbocycles. The number of amides is 1. The average molecular weight is 384 g/mol. The van der Waals surface area contributed by atoms with Gasteiger partial charge in [0.25, 0.3) is 5.91 Å². The smallest absolute Gasteiger partial charge is 0.272 e. The quantitative estimate of drug-likeness (QED) is 0.620. The third kappa shape index (κ3) is 3.83. The number of methoxy groups -OCH3 is 1. The minimum atomic E-state index is -0.0767. The lowest BCUT2D eigenvalue weighted by molar-refractivity contribution is 0.0764. The van der Waals surface area contributed by atoms with Crippen LogP contribution in [0.4, 0.5) is 0 Å². The third-order valence-electron chi connectivity index (χ3n) is 4.45. The Bertz CT molecular complexity index is 931. The Balaban J connectivity index is 2.13. The van der Waals surface area contributed by atoms with E-state index in [1.165, 1.54) is 0 Å². The number of benzene rings is 2. The number of nitrogens with zero attached hydrogens (tertiary/aromatic N) is 3. The van der Waals surface area contributed by atoms with Crippen LogP contribution >= 0.6 is 11.6 Å². The largest absolute Gasteiger partial charge is 0.497 e. The molecule has 1 aromatic heterocycles. The number of rotatable bonds is 6. The summed E-state index contributed by atoms with van der Waals surface area (Å²) in [5.74, 6) is 0.691. The molecule has 0 aliphatic heterocycles. The van der Waals surface area contributed by atoms with E-state index in [0.717, 1.165) is 11.3 Å². The molecule has 3 aromatic rings. The molecular weight excluding hydrogens is 362 g/mol. The molecule has 27 heavy (non-hydrogen) atoms. The van der Waals surface area contributed by atoms with E-state index in [1.54, 1.807) is 22.8 Å². The van der Waals surface area contributed by atoms with Crippen LogP contribution in [0.25, 0.3) is 16.9 Å². The van der Waals surface area contributed by atoms with Gasteiger partial charge in [-0.25, -0.2) is 4.68 Å². The highest BCUT2D eigenvalue weighted by molar-refractivity contribution is 6.32. The van der Waals surface area contributed by atoms with Crippen LogP contribution in [0.3, 0.4) is 0 Å². The number of carbonyl (C=O) groups is 1. The first-order valence-corrected chi connectivity index (χ1v) is 9.25. The second-order valence-electron chi connectivity index (χ2n) is 5.98. The first-order valence-electron chi connectivity index (χ1n) is 8.87. The Morgan fingerprint density at radius 1 is 1.11 bits per heavy atom. The van der Waals surface area contributed by atoms with Crippen LogP contribution in [0.15, 0.2) is 54.6 Å². The number of halogens is 1. The monoisotopic (exact) mass is 383 g/mol. The normalized spacial score (nSPS) is 10.7. The van der Waals surface area contributed by atoms with Gasteiger partial charge in [0.05, 0.1) is 23.5 Å². The number of carbonyl (C=O) groups excluding carboxylic acids is 1. The van der Waals surface area contributed by atoms with E-state index in [9.17, 15) is 4.79 Å². The van der Waals surface area contributed by atoms with E-state index in [2.05, 4.69) is 5.10 Å². The number of hydrogen-bond acceptors (Lipinski definition) is 3. The van der Waals surface area contributed by atoms with E-state index in [0.29, 0.717) is 35.2 Å². The van der Waals surface area contributed by atoms with Crippen molar-refractivity contribution in [2.24, 2.45) is 0 Å². The van der Waals surface area contributed by atoms with E-state index in [4.69, 9.17) is 16.3 Å². The summed E-state index contributed by atoms with van der Waals surface area (Å²) >= 11 is 6.38. The second kappa shape index (κ2) is 8.27. The number of para-hydroxylation sites is 1. The van der Waals surface area contributed by atoms with Crippen LogP contribution in [0, 0.1) is 0 Å². The van der Waals surface area contributed by atoms with E-state index in [-0.39, 0.29) is 5.91 Å². The molecule has 0 fully saturated rings. The van der Waals surface area contributed by atoms with Crippen LogP contribution in [0.2, 0.25) is 5.02 Å². The highest BCUT2D eigenvalue weighted by Crippen LogP contribution is 2.27. The molecule has 0 aliphatic rings. The van der Waals surface area contributed by atoms with Crippen LogP contribution < -0.4 is 4.74 Å². The summed E-state index contributed by atoms with van der Waals surface area (Å²) in [6.45, 7) is 5.17. The predicted molar refractivity (Wildman–Crippen MR) is 108 cm³/mol. The first kappa shape index (κ1) is 19.0. The summed E-state index contributed by atoms with van der Waals surface area (Å²) in [4.78, 5) is 14.8. The Kier molecular flexibility index (Phi) is 5.81. The van der Waals surface area contributed by atoms with Crippen molar-refractivity contribution in [3.05, 3.63) is 65.3 Å². The number of hydrogen-bond donors (Lipinski definition) is 0. The molecule has 0 atom stereocenters. The van der Waals surface area contributed by atoms with Crippen molar-refractivity contribution >= 4 is 17.5 Å². The molecule has 1 amide bonds.